The van der Waals surface area contributed by atoms with Crippen molar-refractivity contribution < 1.29 is 24.2 Å². The summed E-state index contributed by atoms with van der Waals surface area (Å²) < 4.78 is 11.0. The molecule has 1 aliphatic heterocycles. The van der Waals surface area contributed by atoms with Crippen LogP contribution < -0.4 is 10.1 Å². The first kappa shape index (κ1) is 23.8. The van der Waals surface area contributed by atoms with Gasteiger partial charge in [-0.3, -0.25) is 9.59 Å². The molecule has 1 saturated heterocycles. The molecule has 2 unspecified atom stereocenters. The molecule has 0 aliphatic carbocycles. The Morgan fingerprint density at radius 2 is 1.81 bits per heavy atom. The van der Waals surface area contributed by atoms with Crippen molar-refractivity contribution in [2.75, 3.05) is 25.6 Å². The lowest BCUT2D eigenvalue weighted by Gasteiger charge is -2.40. The number of benzene rings is 2. The number of amides is 2. The lowest BCUT2D eigenvalue weighted by atomic mass is 9.92. The average Bonchev–Trinajstić information content (AvgIpc) is 2.75. The Kier molecular flexibility index (Phi) is 7.53. The Morgan fingerprint density at radius 1 is 1.16 bits per heavy atom. The molecule has 1 heterocycles. The van der Waals surface area contributed by atoms with Crippen molar-refractivity contribution >= 4 is 17.5 Å². The van der Waals surface area contributed by atoms with Crippen molar-refractivity contribution in [3.8, 4) is 5.75 Å². The first-order valence-corrected chi connectivity index (χ1v) is 10.7. The van der Waals surface area contributed by atoms with Gasteiger partial charge in [0.15, 0.2) is 0 Å². The third-order valence-electron chi connectivity index (χ3n) is 5.37. The van der Waals surface area contributed by atoms with Crippen LogP contribution in [0.25, 0.3) is 0 Å². The van der Waals surface area contributed by atoms with Crippen molar-refractivity contribution in [1.29, 1.82) is 0 Å². The minimum Gasteiger partial charge on any atom is -0.497 e. The number of rotatable bonds is 7. The SMILES string of the molecule is COc1ccc(CN2C(=O)COC(c3ccc(NC(=O)CC(C)(C)C)cc3)C2CO)cc1. The molecule has 3 rings (SSSR count). The van der Waals surface area contributed by atoms with E-state index >= 15 is 0 Å². The molecule has 1 aliphatic rings. The van der Waals surface area contributed by atoms with E-state index in [9.17, 15) is 14.7 Å². The fraction of sp³-hybridized carbons (Fsp3) is 0.440. The minimum atomic E-state index is -0.514. The van der Waals surface area contributed by atoms with Crippen LogP contribution in [0.4, 0.5) is 5.69 Å². The predicted molar refractivity (Wildman–Crippen MR) is 122 cm³/mol. The summed E-state index contributed by atoms with van der Waals surface area (Å²) in [5, 5.41) is 13.0. The van der Waals surface area contributed by atoms with Crippen LogP contribution in [0.5, 0.6) is 5.75 Å². The molecule has 2 amide bonds. The summed E-state index contributed by atoms with van der Waals surface area (Å²) in [7, 11) is 1.61. The second kappa shape index (κ2) is 10.1. The van der Waals surface area contributed by atoms with Gasteiger partial charge >= 0.3 is 0 Å². The van der Waals surface area contributed by atoms with Gasteiger partial charge in [-0.25, -0.2) is 0 Å². The van der Waals surface area contributed by atoms with Gasteiger partial charge < -0.3 is 24.8 Å². The second-order valence-electron chi connectivity index (χ2n) is 9.26. The molecule has 2 aromatic rings. The third-order valence-corrected chi connectivity index (χ3v) is 5.37. The largest absolute Gasteiger partial charge is 0.497 e. The zero-order valence-corrected chi connectivity index (χ0v) is 19.1. The third kappa shape index (κ3) is 6.08. The number of ether oxygens (including phenoxy) is 2. The van der Waals surface area contributed by atoms with Gasteiger partial charge in [0, 0.05) is 18.7 Å². The quantitative estimate of drug-likeness (QED) is 0.688. The number of aliphatic hydroxyl groups is 1. The van der Waals surface area contributed by atoms with Crippen molar-refractivity contribution in [3.05, 3.63) is 59.7 Å². The molecule has 0 bridgehead atoms. The van der Waals surface area contributed by atoms with Crippen LogP contribution in [0, 0.1) is 5.41 Å². The topological polar surface area (TPSA) is 88.1 Å². The van der Waals surface area contributed by atoms with Crippen LogP contribution in [0.15, 0.2) is 48.5 Å². The Hall–Kier alpha value is -2.90. The van der Waals surface area contributed by atoms with Crippen LogP contribution in [-0.2, 0) is 20.9 Å². The molecular formula is C25H32N2O5. The fourth-order valence-corrected chi connectivity index (χ4v) is 3.79. The first-order valence-electron chi connectivity index (χ1n) is 10.7. The zero-order valence-electron chi connectivity index (χ0n) is 19.1. The molecule has 0 radical (unpaired) electrons. The van der Waals surface area contributed by atoms with Gasteiger partial charge in [-0.1, -0.05) is 45.0 Å². The second-order valence-corrected chi connectivity index (χ2v) is 9.26. The van der Waals surface area contributed by atoms with Crippen molar-refractivity contribution in [1.82, 2.24) is 4.90 Å². The van der Waals surface area contributed by atoms with E-state index in [-0.39, 0.29) is 30.4 Å². The number of carbonyl (C=O) groups excluding carboxylic acids is 2. The molecule has 7 nitrogen and oxygen atoms in total. The standard InChI is InChI=1S/C25H32N2O5/c1-25(2,3)13-22(29)26-19-9-7-18(8-10-19)24-21(15-28)27(23(30)16-32-24)14-17-5-11-20(31-4)12-6-17/h5-12,21,24,28H,13-16H2,1-4H3,(H,26,29). The van der Waals surface area contributed by atoms with Gasteiger partial charge in [-0.05, 0) is 40.8 Å². The van der Waals surface area contributed by atoms with E-state index in [1.165, 1.54) is 0 Å². The molecule has 2 aromatic carbocycles. The highest BCUT2D eigenvalue weighted by Crippen LogP contribution is 2.31. The van der Waals surface area contributed by atoms with Gasteiger partial charge in [0.25, 0.3) is 0 Å². The molecular weight excluding hydrogens is 408 g/mol. The Bertz CT molecular complexity index is 919. The first-order chi connectivity index (χ1) is 15.2. The van der Waals surface area contributed by atoms with E-state index in [1.807, 2.05) is 69.3 Å². The van der Waals surface area contributed by atoms with E-state index in [1.54, 1.807) is 12.0 Å². The number of aliphatic hydroxyl groups excluding tert-OH is 1. The molecule has 0 saturated carbocycles. The Labute approximate surface area is 189 Å². The summed E-state index contributed by atoms with van der Waals surface area (Å²) >= 11 is 0. The molecule has 2 atom stereocenters. The molecule has 1 fully saturated rings. The van der Waals surface area contributed by atoms with E-state index in [0.29, 0.717) is 18.7 Å². The number of nitrogens with zero attached hydrogens (tertiary/aromatic N) is 1. The van der Waals surface area contributed by atoms with Crippen LogP contribution in [0.2, 0.25) is 0 Å². The summed E-state index contributed by atoms with van der Waals surface area (Å²) in [5.74, 6) is 0.541. The number of hydrogen-bond donors (Lipinski definition) is 2. The molecule has 0 aromatic heterocycles. The molecule has 32 heavy (non-hydrogen) atoms. The number of anilines is 1. The van der Waals surface area contributed by atoms with Gasteiger partial charge in [-0.2, -0.15) is 0 Å². The molecule has 172 valence electrons. The van der Waals surface area contributed by atoms with Crippen LogP contribution in [0.1, 0.15) is 44.4 Å². The maximum Gasteiger partial charge on any atom is 0.249 e. The van der Waals surface area contributed by atoms with Gasteiger partial charge in [0.1, 0.15) is 18.5 Å². The van der Waals surface area contributed by atoms with E-state index in [2.05, 4.69) is 5.32 Å². The number of nitrogens with one attached hydrogen (secondary N) is 1. The molecule has 2 N–H and O–H groups in total. The predicted octanol–water partition coefficient (Wildman–Crippen LogP) is 3.53. The maximum absolute atomic E-state index is 12.6. The van der Waals surface area contributed by atoms with Crippen LogP contribution >= 0.6 is 0 Å². The molecule has 0 spiro atoms. The van der Waals surface area contributed by atoms with Gasteiger partial charge in [0.2, 0.25) is 11.8 Å². The van der Waals surface area contributed by atoms with Crippen molar-refractivity contribution in [2.45, 2.75) is 45.9 Å². The van der Waals surface area contributed by atoms with Gasteiger partial charge in [-0.15, -0.1) is 0 Å². The maximum atomic E-state index is 12.6. The summed E-state index contributed by atoms with van der Waals surface area (Å²) in [4.78, 5) is 26.4. The fourth-order valence-electron chi connectivity index (χ4n) is 3.79. The normalized spacial score (nSPS) is 19.0. The summed E-state index contributed by atoms with van der Waals surface area (Å²) in [6.07, 6.45) is -0.0366. The highest BCUT2D eigenvalue weighted by molar-refractivity contribution is 5.91. The van der Waals surface area contributed by atoms with Gasteiger partial charge in [0.05, 0.1) is 19.8 Å². The monoisotopic (exact) mass is 440 g/mol. The summed E-state index contributed by atoms with van der Waals surface area (Å²) in [5.41, 5.74) is 2.39. The lowest BCUT2D eigenvalue weighted by Crippen LogP contribution is -2.52. The van der Waals surface area contributed by atoms with E-state index < -0.39 is 12.1 Å². The highest BCUT2D eigenvalue weighted by Gasteiger charge is 2.37. The Morgan fingerprint density at radius 3 is 2.38 bits per heavy atom. The van der Waals surface area contributed by atoms with Crippen molar-refractivity contribution in [2.24, 2.45) is 5.41 Å². The van der Waals surface area contributed by atoms with E-state index in [4.69, 9.17) is 9.47 Å². The average molecular weight is 441 g/mol. The lowest BCUT2D eigenvalue weighted by molar-refractivity contribution is -0.162. The van der Waals surface area contributed by atoms with Crippen LogP contribution in [0.3, 0.4) is 0 Å². The number of morpholine rings is 1. The number of methoxy groups -OCH3 is 1. The Balaban J connectivity index is 1.72. The molecule has 7 heteroatoms. The minimum absolute atomic E-state index is 0.0383. The summed E-state index contributed by atoms with van der Waals surface area (Å²) in [6.45, 7) is 6.14. The summed E-state index contributed by atoms with van der Waals surface area (Å²) in [6, 6.07) is 14.3. The van der Waals surface area contributed by atoms with E-state index in [0.717, 1.165) is 16.9 Å². The van der Waals surface area contributed by atoms with Crippen LogP contribution in [-0.4, -0.2) is 48.2 Å². The number of carbonyl (C=O) groups is 2. The highest BCUT2D eigenvalue weighted by atomic mass is 16.5. The van der Waals surface area contributed by atoms with Crippen molar-refractivity contribution in [3.63, 3.8) is 0 Å². The number of hydrogen-bond acceptors (Lipinski definition) is 5. The zero-order chi connectivity index (χ0) is 23.3. The smallest absolute Gasteiger partial charge is 0.249 e.